The van der Waals surface area contributed by atoms with E-state index in [9.17, 15) is 43.2 Å². The fraction of sp³-hybridized carbons (Fsp3) is 0.944. The quantitative estimate of drug-likeness (QED) is 0.0222. The Morgan fingerprint density at radius 2 is 0.462 bits per heavy atom. The van der Waals surface area contributed by atoms with E-state index in [1.165, 1.54) is 161 Å². The molecule has 3 N–H and O–H groups in total. The molecular formula is C72H140O17P2. The number of aliphatic hydroxyl groups is 1. The first-order valence-corrected chi connectivity index (χ1v) is 40.2. The Labute approximate surface area is 556 Å². The number of hydrogen-bond acceptors (Lipinski definition) is 15. The van der Waals surface area contributed by atoms with Gasteiger partial charge in [-0.05, 0) is 49.4 Å². The molecular weight excluding hydrogens is 1200 g/mol. The number of hydrogen-bond donors (Lipinski definition) is 3. The van der Waals surface area contributed by atoms with E-state index in [1.54, 1.807) is 0 Å². The molecule has 0 aromatic carbocycles. The summed E-state index contributed by atoms with van der Waals surface area (Å²) < 4.78 is 68.3. The molecule has 0 fully saturated rings. The van der Waals surface area contributed by atoms with E-state index in [1.807, 2.05) is 0 Å². The van der Waals surface area contributed by atoms with Crippen molar-refractivity contribution in [2.75, 3.05) is 39.6 Å². The van der Waals surface area contributed by atoms with Crippen LogP contribution in [0.15, 0.2) is 0 Å². The van der Waals surface area contributed by atoms with Crippen LogP contribution in [0, 0.1) is 23.7 Å². The van der Waals surface area contributed by atoms with E-state index in [0.29, 0.717) is 31.6 Å². The lowest BCUT2D eigenvalue weighted by atomic mass is 10.0. The standard InChI is InChI=1S/C72H140O17P2/c1-62(2)48-40-32-24-17-13-9-11-15-19-28-36-44-52-69(74)82-58-67(88-71(76)54-46-38-30-20-16-12-10-14-18-25-33-41-49-63(3)4)60-86-90(78,79)84-56-66(73)57-85-91(80,81)87-61-68(89-72(77)55-47-39-31-23-27-35-43-51-65(7)8)59-83-70(75)53-45-37-29-22-21-26-34-42-50-64(5)6/h62-68,73H,9-61H2,1-8H3,(H,78,79)(H,80,81)/t66?,67-,68-/m1/s1. The van der Waals surface area contributed by atoms with E-state index in [0.717, 1.165) is 108 Å². The maximum Gasteiger partial charge on any atom is 0.472 e. The van der Waals surface area contributed by atoms with Gasteiger partial charge in [0, 0.05) is 25.7 Å². The van der Waals surface area contributed by atoms with Gasteiger partial charge in [-0.2, -0.15) is 0 Å². The van der Waals surface area contributed by atoms with Gasteiger partial charge in [0.25, 0.3) is 0 Å². The summed E-state index contributed by atoms with van der Waals surface area (Å²) in [4.78, 5) is 72.6. The van der Waals surface area contributed by atoms with Crippen LogP contribution in [0.2, 0.25) is 0 Å². The van der Waals surface area contributed by atoms with Gasteiger partial charge in [-0.1, -0.05) is 306 Å². The molecule has 3 unspecified atom stereocenters. The number of phosphoric ester groups is 2. The predicted molar refractivity (Wildman–Crippen MR) is 367 cm³/mol. The van der Waals surface area contributed by atoms with Crippen LogP contribution in [-0.4, -0.2) is 96.7 Å². The van der Waals surface area contributed by atoms with Crippen molar-refractivity contribution in [3.63, 3.8) is 0 Å². The molecule has 0 radical (unpaired) electrons. The molecule has 0 amide bonds. The number of esters is 4. The summed E-state index contributed by atoms with van der Waals surface area (Å²) in [5.41, 5.74) is 0. The normalized spacial score (nSPS) is 14.2. The zero-order valence-electron chi connectivity index (χ0n) is 59.5. The maximum absolute atomic E-state index is 13.0. The number of rotatable bonds is 69. The van der Waals surface area contributed by atoms with Gasteiger partial charge >= 0.3 is 39.5 Å². The highest BCUT2D eigenvalue weighted by Gasteiger charge is 2.30. The smallest absolute Gasteiger partial charge is 0.462 e. The van der Waals surface area contributed by atoms with Gasteiger partial charge in [0.1, 0.15) is 19.3 Å². The molecule has 0 saturated heterocycles. The zero-order chi connectivity index (χ0) is 67.5. The number of unbranched alkanes of at least 4 members (excludes halogenated alkanes) is 35. The predicted octanol–water partition coefficient (Wildman–Crippen LogP) is 20.5. The van der Waals surface area contributed by atoms with Crippen molar-refractivity contribution < 1.29 is 80.2 Å². The van der Waals surface area contributed by atoms with Crippen LogP contribution in [0.4, 0.5) is 0 Å². The molecule has 5 atom stereocenters. The first-order chi connectivity index (χ1) is 43.6. The number of aliphatic hydroxyl groups excluding tert-OH is 1. The Morgan fingerprint density at radius 3 is 0.681 bits per heavy atom. The van der Waals surface area contributed by atoms with Gasteiger partial charge in [-0.25, -0.2) is 9.13 Å². The van der Waals surface area contributed by atoms with Crippen molar-refractivity contribution >= 4 is 39.5 Å². The molecule has 540 valence electrons. The molecule has 0 aliphatic carbocycles. The fourth-order valence-corrected chi connectivity index (χ4v) is 12.4. The Balaban J connectivity index is 5.25. The molecule has 91 heavy (non-hydrogen) atoms. The third-order valence-electron chi connectivity index (χ3n) is 16.6. The molecule has 0 aliphatic rings. The Morgan fingerprint density at radius 1 is 0.275 bits per heavy atom. The summed E-state index contributed by atoms with van der Waals surface area (Å²) in [6.45, 7) is 14.1. The van der Waals surface area contributed by atoms with Crippen molar-refractivity contribution in [2.45, 2.75) is 375 Å². The van der Waals surface area contributed by atoms with Crippen LogP contribution in [0.5, 0.6) is 0 Å². The maximum atomic E-state index is 13.0. The number of phosphoric acid groups is 2. The van der Waals surface area contributed by atoms with Crippen LogP contribution in [0.3, 0.4) is 0 Å². The third kappa shape index (κ3) is 66.5. The van der Waals surface area contributed by atoms with Crippen LogP contribution < -0.4 is 0 Å². The van der Waals surface area contributed by atoms with Gasteiger partial charge < -0.3 is 33.8 Å². The molecule has 0 bridgehead atoms. The van der Waals surface area contributed by atoms with Crippen molar-refractivity contribution in [3.05, 3.63) is 0 Å². The van der Waals surface area contributed by atoms with Gasteiger partial charge in [0.2, 0.25) is 0 Å². The SMILES string of the molecule is CC(C)CCCCCCCCCCCCCCC(=O)OC[C@H](COP(=O)(O)OCC(O)COP(=O)(O)OC[C@@H](COC(=O)CCCCCCCCCCC(C)C)OC(=O)CCCCCCCCCC(C)C)OC(=O)CCCCCCCCCCCCCCC(C)C. The minimum atomic E-state index is -4.95. The average molecular weight is 1340 g/mol. The zero-order valence-corrected chi connectivity index (χ0v) is 61.3. The fourth-order valence-electron chi connectivity index (χ4n) is 10.8. The second kappa shape index (κ2) is 61.6. The summed E-state index contributed by atoms with van der Waals surface area (Å²) in [6, 6.07) is 0. The summed E-state index contributed by atoms with van der Waals surface area (Å²) in [6.07, 6.45) is 44.5. The van der Waals surface area contributed by atoms with E-state index in [4.69, 9.17) is 37.0 Å². The molecule has 0 spiro atoms. The summed E-state index contributed by atoms with van der Waals surface area (Å²) in [7, 11) is -9.91. The summed E-state index contributed by atoms with van der Waals surface area (Å²) >= 11 is 0. The van der Waals surface area contributed by atoms with E-state index < -0.39 is 97.5 Å². The minimum Gasteiger partial charge on any atom is -0.462 e. The van der Waals surface area contributed by atoms with Crippen LogP contribution in [0.1, 0.15) is 357 Å². The Hall–Kier alpha value is -1.94. The molecule has 0 rings (SSSR count). The van der Waals surface area contributed by atoms with Gasteiger partial charge in [0.05, 0.1) is 26.4 Å². The Bertz CT molecular complexity index is 1800. The molecule has 19 heteroatoms. The molecule has 0 aromatic heterocycles. The lowest BCUT2D eigenvalue weighted by Gasteiger charge is -2.21. The van der Waals surface area contributed by atoms with Crippen LogP contribution in [-0.2, 0) is 65.4 Å². The lowest BCUT2D eigenvalue weighted by molar-refractivity contribution is -0.161. The molecule has 17 nitrogen and oxygen atoms in total. The second-order valence-corrected chi connectivity index (χ2v) is 30.8. The van der Waals surface area contributed by atoms with Gasteiger partial charge in [-0.15, -0.1) is 0 Å². The van der Waals surface area contributed by atoms with Gasteiger partial charge in [0.15, 0.2) is 12.2 Å². The first-order valence-electron chi connectivity index (χ1n) is 37.2. The topological polar surface area (TPSA) is 237 Å². The average Bonchev–Trinajstić information content (AvgIpc) is 2.97. The van der Waals surface area contributed by atoms with E-state index in [-0.39, 0.29) is 25.7 Å². The van der Waals surface area contributed by atoms with Crippen LogP contribution in [0.25, 0.3) is 0 Å². The largest absolute Gasteiger partial charge is 0.472 e. The van der Waals surface area contributed by atoms with E-state index in [2.05, 4.69) is 55.4 Å². The van der Waals surface area contributed by atoms with Crippen molar-refractivity contribution in [1.82, 2.24) is 0 Å². The molecule has 0 aromatic rings. The number of ether oxygens (including phenoxy) is 4. The highest BCUT2D eigenvalue weighted by molar-refractivity contribution is 7.47. The Kier molecular flexibility index (Phi) is 60.3. The van der Waals surface area contributed by atoms with E-state index >= 15 is 0 Å². The minimum absolute atomic E-state index is 0.102. The van der Waals surface area contributed by atoms with Gasteiger partial charge in [-0.3, -0.25) is 37.3 Å². The first kappa shape index (κ1) is 89.1. The monoisotopic (exact) mass is 1340 g/mol. The third-order valence-corrected chi connectivity index (χ3v) is 18.5. The highest BCUT2D eigenvalue weighted by atomic mass is 31.2. The lowest BCUT2D eigenvalue weighted by Crippen LogP contribution is -2.30. The molecule has 0 heterocycles. The second-order valence-electron chi connectivity index (χ2n) is 27.9. The van der Waals surface area contributed by atoms with Crippen molar-refractivity contribution in [3.8, 4) is 0 Å². The molecule has 0 aliphatic heterocycles. The van der Waals surface area contributed by atoms with Crippen molar-refractivity contribution in [2.24, 2.45) is 23.7 Å². The van der Waals surface area contributed by atoms with Crippen LogP contribution >= 0.6 is 15.6 Å². The number of carbonyl (C=O) groups is 4. The van der Waals surface area contributed by atoms with Crippen molar-refractivity contribution in [1.29, 1.82) is 0 Å². The number of carbonyl (C=O) groups excluding carboxylic acids is 4. The summed E-state index contributed by atoms with van der Waals surface area (Å²) in [5.74, 6) is 0.852. The summed E-state index contributed by atoms with van der Waals surface area (Å²) in [5, 5.41) is 10.6. The molecule has 0 saturated carbocycles. The highest BCUT2D eigenvalue weighted by Crippen LogP contribution is 2.45.